The van der Waals surface area contributed by atoms with Gasteiger partial charge in [-0.05, 0) is 12.1 Å². The van der Waals surface area contributed by atoms with Crippen molar-refractivity contribution < 1.29 is 54.0 Å². The Morgan fingerprint density at radius 1 is 0.971 bits per heavy atom. The van der Waals surface area contributed by atoms with Crippen LogP contribution in [0.15, 0.2) is 39.5 Å². The standard InChI is InChI=1S/C23H24O12/c1-31-14-7-11(26)16-10(25)6-13(33-22(16)21(14)32-2)9-4-3-5-12(17(9)27)34-23-20(30)19(29)18(28)15(8-24)35-23/h3-7,15,18-20,23-24,26-30H,8H2,1-2H3/t15-,18+,19-,20-,23+/m1/s1. The lowest BCUT2D eigenvalue weighted by molar-refractivity contribution is -0.277. The molecule has 1 aromatic heterocycles. The zero-order chi connectivity index (χ0) is 25.4. The minimum absolute atomic E-state index is 0.00968. The maximum Gasteiger partial charge on any atom is 0.229 e. The molecule has 0 saturated carbocycles. The summed E-state index contributed by atoms with van der Waals surface area (Å²) in [6.45, 7) is -0.656. The van der Waals surface area contributed by atoms with Gasteiger partial charge in [0.15, 0.2) is 28.3 Å². The Morgan fingerprint density at radius 3 is 2.37 bits per heavy atom. The smallest absolute Gasteiger partial charge is 0.229 e. The molecule has 1 saturated heterocycles. The van der Waals surface area contributed by atoms with Crippen LogP contribution >= 0.6 is 0 Å². The van der Waals surface area contributed by atoms with Gasteiger partial charge in [-0.15, -0.1) is 0 Å². The summed E-state index contributed by atoms with van der Waals surface area (Å²) in [6.07, 6.45) is -7.71. The molecule has 12 heteroatoms. The molecule has 35 heavy (non-hydrogen) atoms. The summed E-state index contributed by atoms with van der Waals surface area (Å²) in [5.41, 5.74) is -0.735. The Morgan fingerprint density at radius 2 is 1.71 bits per heavy atom. The highest BCUT2D eigenvalue weighted by atomic mass is 16.7. The monoisotopic (exact) mass is 492 g/mol. The van der Waals surface area contributed by atoms with E-state index in [4.69, 9.17) is 23.4 Å². The van der Waals surface area contributed by atoms with E-state index in [1.807, 2.05) is 0 Å². The van der Waals surface area contributed by atoms with Gasteiger partial charge in [-0.1, -0.05) is 6.07 Å². The van der Waals surface area contributed by atoms with Crippen molar-refractivity contribution in [3.8, 4) is 40.1 Å². The lowest BCUT2D eigenvalue weighted by atomic mass is 9.99. The molecule has 4 rings (SSSR count). The zero-order valence-electron chi connectivity index (χ0n) is 18.6. The molecule has 0 unspecified atom stereocenters. The van der Waals surface area contributed by atoms with Crippen molar-refractivity contribution in [1.29, 1.82) is 0 Å². The second-order valence-corrected chi connectivity index (χ2v) is 7.78. The van der Waals surface area contributed by atoms with Crippen LogP contribution in [0.1, 0.15) is 0 Å². The fraction of sp³-hybridized carbons (Fsp3) is 0.348. The van der Waals surface area contributed by atoms with Crippen molar-refractivity contribution in [1.82, 2.24) is 0 Å². The van der Waals surface area contributed by atoms with Gasteiger partial charge in [0.1, 0.15) is 41.3 Å². The lowest BCUT2D eigenvalue weighted by Gasteiger charge is -2.39. The first kappa shape index (κ1) is 24.6. The van der Waals surface area contributed by atoms with Crippen molar-refractivity contribution in [2.24, 2.45) is 0 Å². The maximum absolute atomic E-state index is 12.8. The minimum atomic E-state index is -1.70. The molecule has 0 aliphatic carbocycles. The number of rotatable bonds is 6. The summed E-state index contributed by atoms with van der Waals surface area (Å²) < 4.78 is 27.1. The fourth-order valence-electron chi connectivity index (χ4n) is 3.85. The van der Waals surface area contributed by atoms with Crippen molar-refractivity contribution in [2.45, 2.75) is 30.7 Å². The Labute approximate surface area is 197 Å². The van der Waals surface area contributed by atoms with Crippen LogP contribution in [0.2, 0.25) is 0 Å². The summed E-state index contributed by atoms with van der Waals surface area (Å²) in [5, 5.41) is 60.4. The number of hydrogen-bond donors (Lipinski definition) is 6. The van der Waals surface area contributed by atoms with Crippen molar-refractivity contribution >= 4 is 11.0 Å². The third-order valence-electron chi connectivity index (χ3n) is 5.68. The zero-order valence-corrected chi connectivity index (χ0v) is 18.6. The molecule has 0 radical (unpaired) electrons. The normalized spacial score (nSPS) is 24.3. The van der Waals surface area contributed by atoms with Gasteiger partial charge < -0.3 is 54.0 Å². The predicted molar refractivity (Wildman–Crippen MR) is 119 cm³/mol. The molecule has 0 bridgehead atoms. The summed E-state index contributed by atoms with van der Waals surface area (Å²) in [7, 11) is 2.67. The van der Waals surface area contributed by atoms with Gasteiger partial charge in [-0.2, -0.15) is 0 Å². The van der Waals surface area contributed by atoms with Gasteiger partial charge in [0.2, 0.25) is 12.0 Å². The van der Waals surface area contributed by atoms with Crippen LogP contribution in [-0.4, -0.2) is 82.2 Å². The molecule has 2 aromatic carbocycles. The predicted octanol–water partition coefficient (Wildman–Crippen LogP) is 0.0671. The Hall–Kier alpha value is -3.55. The van der Waals surface area contributed by atoms with Gasteiger partial charge in [0, 0.05) is 12.1 Å². The van der Waals surface area contributed by atoms with Crippen molar-refractivity contribution in [2.75, 3.05) is 20.8 Å². The van der Waals surface area contributed by atoms with Crippen LogP contribution in [0.5, 0.6) is 28.7 Å². The highest BCUT2D eigenvalue weighted by molar-refractivity contribution is 5.92. The van der Waals surface area contributed by atoms with Crippen LogP contribution in [0.3, 0.4) is 0 Å². The number of aromatic hydroxyl groups is 2. The van der Waals surface area contributed by atoms with E-state index in [2.05, 4.69) is 0 Å². The summed E-state index contributed by atoms with van der Waals surface area (Å²) >= 11 is 0. The first-order valence-corrected chi connectivity index (χ1v) is 10.4. The van der Waals surface area contributed by atoms with E-state index < -0.39 is 48.5 Å². The lowest BCUT2D eigenvalue weighted by Crippen LogP contribution is -2.60. The van der Waals surface area contributed by atoms with Crippen LogP contribution in [-0.2, 0) is 4.74 Å². The second-order valence-electron chi connectivity index (χ2n) is 7.78. The number of benzene rings is 2. The van der Waals surface area contributed by atoms with E-state index >= 15 is 0 Å². The van der Waals surface area contributed by atoms with Crippen molar-refractivity contribution in [3.05, 3.63) is 40.6 Å². The number of phenols is 2. The van der Waals surface area contributed by atoms with Crippen molar-refractivity contribution in [3.63, 3.8) is 0 Å². The third kappa shape index (κ3) is 4.22. The molecule has 188 valence electrons. The van der Waals surface area contributed by atoms with E-state index in [0.29, 0.717) is 0 Å². The number of para-hydroxylation sites is 1. The molecule has 2 heterocycles. The number of aliphatic hydroxyl groups excluding tert-OH is 4. The number of fused-ring (bicyclic) bond motifs is 1. The molecule has 12 nitrogen and oxygen atoms in total. The largest absolute Gasteiger partial charge is 0.507 e. The molecule has 5 atom stereocenters. The molecular weight excluding hydrogens is 468 g/mol. The number of ether oxygens (including phenoxy) is 4. The first-order valence-electron chi connectivity index (χ1n) is 10.4. The maximum atomic E-state index is 12.8. The van der Waals surface area contributed by atoms with Gasteiger partial charge >= 0.3 is 0 Å². The number of phenolic OH excluding ortho intramolecular Hbond substituents is 2. The van der Waals surface area contributed by atoms with E-state index in [-0.39, 0.29) is 45.3 Å². The molecule has 6 N–H and O–H groups in total. The topological polar surface area (TPSA) is 189 Å². The Kier molecular flexibility index (Phi) is 6.74. The van der Waals surface area contributed by atoms with E-state index in [0.717, 1.165) is 6.07 Å². The third-order valence-corrected chi connectivity index (χ3v) is 5.68. The average molecular weight is 492 g/mol. The van der Waals surface area contributed by atoms with Crippen LogP contribution < -0.4 is 19.6 Å². The number of aliphatic hydroxyl groups is 4. The van der Waals surface area contributed by atoms with E-state index in [9.17, 15) is 35.4 Å². The summed E-state index contributed by atoms with van der Waals surface area (Å²) in [5.74, 6) is -1.05. The minimum Gasteiger partial charge on any atom is -0.507 e. The molecule has 1 fully saturated rings. The fourth-order valence-corrected chi connectivity index (χ4v) is 3.85. The molecule has 0 amide bonds. The Bertz CT molecular complexity index is 1280. The van der Waals surface area contributed by atoms with Gasteiger partial charge in [-0.3, -0.25) is 4.79 Å². The molecule has 1 aliphatic heterocycles. The number of hydrogen-bond acceptors (Lipinski definition) is 12. The molecule has 0 spiro atoms. The highest BCUT2D eigenvalue weighted by Crippen LogP contribution is 2.43. The van der Waals surface area contributed by atoms with Crippen LogP contribution in [0, 0.1) is 0 Å². The van der Waals surface area contributed by atoms with Gasteiger partial charge in [0.25, 0.3) is 0 Å². The second kappa shape index (κ2) is 9.60. The first-order chi connectivity index (χ1) is 16.7. The van der Waals surface area contributed by atoms with Crippen LogP contribution in [0.4, 0.5) is 0 Å². The highest BCUT2D eigenvalue weighted by Gasteiger charge is 2.45. The van der Waals surface area contributed by atoms with E-state index in [1.165, 1.54) is 38.5 Å². The van der Waals surface area contributed by atoms with Gasteiger partial charge in [-0.25, -0.2) is 0 Å². The molecular formula is C23H24O12. The molecule has 1 aliphatic rings. The Balaban J connectivity index is 1.77. The van der Waals surface area contributed by atoms with E-state index in [1.54, 1.807) is 0 Å². The van der Waals surface area contributed by atoms with Crippen LogP contribution in [0.25, 0.3) is 22.3 Å². The molecule has 3 aromatic rings. The average Bonchev–Trinajstić information content (AvgIpc) is 2.84. The SMILES string of the molecule is COc1cc(O)c2c(=O)cc(-c3cccc(O[C@H]4O[C@H](CO)[C@H](O)[C@@H](O)[C@H]4O)c3O)oc2c1OC. The summed E-state index contributed by atoms with van der Waals surface area (Å²) in [4.78, 5) is 12.8. The van der Waals surface area contributed by atoms with Gasteiger partial charge in [0.05, 0.1) is 26.4 Å². The summed E-state index contributed by atoms with van der Waals surface area (Å²) in [6, 6.07) is 6.48. The number of methoxy groups -OCH3 is 2. The quantitative estimate of drug-likeness (QED) is 0.272.